The topological polar surface area (TPSA) is 86.2 Å². The van der Waals surface area contributed by atoms with E-state index in [0.717, 1.165) is 15.6 Å². The number of rotatable bonds is 9. The second-order valence-electron chi connectivity index (χ2n) is 7.39. The highest BCUT2D eigenvalue weighted by Crippen LogP contribution is 2.29. The maximum atomic E-state index is 12.4. The summed E-state index contributed by atoms with van der Waals surface area (Å²) in [7, 11) is 0. The van der Waals surface area contributed by atoms with E-state index in [2.05, 4.69) is 26.5 Å². The highest BCUT2D eigenvalue weighted by molar-refractivity contribution is 9.10. The summed E-state index contributed by atoms with van der Waals surface area (Å²) in [5.41, 5.74) is 5.59. The molecule has 0 heterocycles. The zero-order valence-electron chi connectivity index (χ0n) is 19.1. The number of nitrogens with zero attached hydrogens (tertiary/aromatic N) is 1. The van der Waals surface area contributed by atoms with Crippen LogP contribution in [0.15, 0.2) is 70.2 Å². The molecular weight excluding hydrogens is 500 g/mol. The van der Waals surface area contributed by atoms with Gasteiger partial charge >= 0.3 is 5.97 Å². The molecule has 3 rings (SSSR count). The molecule has 0 aliphatic rings. The molecule has 0 aromatic heterocycles. The van der Waals surface area contributed by atoms with E-state index in [-0.39, 0.29) is 18.3 Å². The van der Waals surface area contributed by atoms with E-state index >= 15 is 0 Å². The third-order valence-corrected chi connectivity index (χ3v) is 5.17. The summed E-state index contributed by atoms with van der Waals surface area (Å²) < 4.78 is 17.5. The van der Waals surface area contributed by atoms with Crippen molar-refractivity contribution in [3.05, 3.63) is 87.4 Å². The molecule has 1 amide bonds. The Hall–Kier alpha value is -3.65. The van der Waals surface area contributed by atoms with Gasteiger partial charge in [0.05, 0.1) is 18.4 Å². The predicted octanol–water partition coefficient (Wildman–Crippen LogP) is 5.21. The van der Waals surface area contributed by atoms with Crippen LogP contribution in [0.3, 0.4) is 0 Å². The van der Waals surface area contributed by atoms with E-state index in [9.17, 15) is 9.59 Å². The van der Waals surface area contributed by atoms with Crippen molar-refractivity contribution in [2.75, 3.05) is 13.2 Å². The number of halogens is 1. The van der Waals surface area contributed by atoms with Crippen molar-refractivity contribution in [1.82, 2.24) is 5.43 Å². The van der Waals surface area contributed by atoms with Crippen molar-refractivity contribution in [3.63, 3.8) is 0 Å². The smallest absolute Gasteiger partial charge is 0.343 e. The number of hydrogen-bond donors (Lipinski definition) is 1. The Morgan fingerprint density at radius 2 is 1.68 bits per heavy atom. The van der Waals surface area contributed by atoms with E-state index in [1.165, 1.54) is 6.21 Å². The Kier molecular flexibility index (Phi) is 8.81. The molecule has 0 atom stereocenters. The van der Waals surface area contributed by atoms with Crippen LogP contribution in [0, 0.1) is 13.8 Å². The van der Waals surface area contributed by atoms with Gasteiger partial charge in [-0.2, -0.15) is 5.10 Å². The standard InChI is InChI=1S/C26H25BrN2O5/c1-4-32-24-14-19(6-12-23(24)34-26(31)20-7-9-21(27)10-8-20)15-28-29-25(30)16-33-22-11-5-17(2)13-18(22)3/h5-15H,4,16H2,1-3H3,(H,29,30). The van der Waals surface area contributed by atoms with Crippen molar-refractivity contribution < 1.29 is 23.8 Å². The highest BCUT2D eigenvalue weighted by Gasteiger charge is 2.13. The van der Waals surface area contributed by atoms with Gasteiger partial charge < -0.3 is 14.2 Å². The summed E-state index contributed by atoms with van der Waals surface area (Å²) in [5, 5.41) is 3.97. The van der Waals surface area contributed by atoms with Gasteiger partial charge in [0.2, 0.25) is 0 Å². The molecule has 0 bridgehead atoms. The van der Waals surface area contributed by atoms with Gasteiger partial charge in [-0.25, -0.2) is 10.2 Å². The van der Waals surface area contributed by atoms with Gasteiger partial charge in [-0.1, -0.05) is 33.6 Å². The number of hydrogen-bond acceptors (Lipinski definition) is 6. The number of carbonyl (C=O) groups excluding carboxylic acids is 2. The Bertz CT molecular complexity index is 1190. The molecule has 3 aromatic carbocycles. The monoisotopic (exact) mass is 524 g/mol. The van der Waals surface area contributed by atoms with Crippen LogP contribution in [0.25, 0.3) is 0 Å². The van der Waals surface area contributed by atoms with Gasteiger partial charge in [-0.05, 0) is 80.4 Å². The lowest BCUT2D eigenvalue weighted by Crippen LogP contribution is -2.24. The maximum absolute atomic E-state index is 12.4. The Balaban J connectivity index is 1.59. The van der Waals surface area contributed by atoms with Crippen LogP contribution in [-0.2, 0) is 4.79 Å². The molecular formula is C26H25BrN2O5. The Morgan fingerprint density at radius 1 is 0.941 bits per heavy atom. The number of ether oxygens (including phenoxy) is 3. The number of nitrogens with one attached hydrogen (secondary N) is 1. The van der Waals surface area contributed by atoms with Crippen LogP contribution in [0.4, 0.5) is 0 Å². The van der Waals surface area contributed by atoms with Gasteiger partial charge in [0, 0.05) is 4.47 Å². The minimum atomic E-state index is -0.494. The molecule has 7 nitrogen and oxygen atoms in total. The maximum Gasteiger partial charge on any atom is 0.343 e. The normalized spacial score (nSPS) is 10.7. The van der Waals surface area contributed by atoms with Crippen LogP contribution in [-0.4, -0.2) is 31.3 Å². The van der Waals surface area contributed by atoms with Crippen molar-refractivity contribution in [2.24, 2.45) is 5.10 Å². The number of hydrazone groups is 1. The van der Waals surface area contributed by atoms with Crippen molar-refractivity contribution in [2.45, 2.75) is 20.8 Å². The van der Waals surface area contributed by atoms with Gasteiger partial charge in [0.15, 0.2) is 18.1 Å². The molecule has 176 valence electrons. The average Bonchev–Trinajstić information content (AvgIpc) is 2.80. The van der Waals surface area contributed by atoms with Crippen LogP contribution >= 0.6 is 15.9 Å². The number of amides is 1. The Labute approximate surface area is 206 Å². The third kappa shape index (κ3) is 7.18. The summed E-state index contributed by atoms with van der Waals surface area (Å²) in [6.45, 7) is 5.98. The molecule has 0 spiro atoms. The zero-order valence-corrected chi connectivity index (χ0v) is 20.7. The molecule has 3 aromatic rings. The van der Waals surface area contributed by atoms with Gasteiger partial charge in [-0.3, -0.25) is 4.79 Å². The molecule has 0 radical (unpaired) electrons. The average molecular weight is 525 g/mol. The number of carbonyl (C=O) groups is 2. The first kappa shape index (κ1) is 25.0. The van der Waals surface area contributed by atoms with Crippen molar-refractivity contribution in [3.8, 4) is 17.2 Å². The highest BCUT2D eigenvalue weighted by atomic mass is 79.9. The quantitative estimate of drug-likeness (QED) is 0.179. The molecule has 0 aliphatic carbocycles. The minimum Gasteiger partial charge on any atom is -0.490 e. The molecule has 0 unspecified atom stereocenters. The second-order valence-corrected chi connectivity index (χ2v) is 8.30. The van der Waals surface area contributed by atoms with Crippen LogP contribution in [0.5, 0.6) is 17.2 Å². The SMILES string of the molecule is CCOc1cc(C=NNC(=O)COc2ccc(C)cc2C)ccc1OC(=O)c1ccc(Br)cc1. The predicted molar refractivity (Wildman–Crippen MR) is 134 cm³/mol. The molecule has 0 fully saturated rings. The third-order valence-electron chi connectivity index (χ3n) is 4.64. The van der Waals surface area contributed by atoms with Crippen molar-refractivity contribution in [1.29, 1.82) is 0 Å². The van der Waals surface area contributed by atoms with Gasteiger partial charge in [-0.15, -0.1) is 0 Å². The number of aryl methyl sites for hydroxylation is 2. The molecule has 8 heteroatoms. The lowest BCUT2D eigenvalue weighted by molar-refractivity contribution is -0.123. The summed E-state index contributed by atoms with van der Waals surface area (Å²) in [6, 6.07) is 17.6. The summed E-state index contributed by atoms with van der Waals surface area (Å²) in [4.78, 5) is 24.5. The zero-order chi connectivity index (χ0) is 24.5. The second kappa shape index (κ2) is 12.0. The van der Waals surface area contributed by atoms with Crippen LogP contribution < -0.4 is 19.6 Å². The fraction of sp³-hybridized carbons (Fsp3) is 0.192. The summed E-state index contributed by atoms with van der Waals surface area (Å²) in [6.07, 6.45) is 1.47. The van der Waals surface area contributed by atoms with Crippen LogP contribution in [0.2, 0.25) is 0 Å². The van der Waals surface area contributed by atoms with E-state index < -0.39 is 5.97 Å². The van der Waals surface area contributed by atoms with Crippen molar-refractivity contribution >= 4 is 34.0 Å². The molecule has 0 aliphatic heterocycles. The minimum absolute atomic E-state index is 0.156. The van der Waals surface area contributed by atoms with Gasteiger partial charge in [0.1, 0.15) is 5.75 Å². The molecule has 0 saturated carbocycles. The molecule has 34 heavy (non-hydrogen) atoms. The summed E-state index contributed by atoms with van der Waals surface area (Å²) in [5.74, 6) is 0.450. The van der Waals surface area contributed by atoms with E-state index in [0.29, 0.717) is 29.2 Å². The van der Waals surface area contributed by atoms with E-state index in [1.807, 2.05) is 39.0 Å². The lowest BCUT2D eigenvalue weighted by Gasteiger charge is -2.11. The Morgan fingerprint density at radius 3 is 2.38 bits per heavy atom. The fourth-order valence-corrected chi connectivity index (χ4v) is 3.28. The number of benzene rings is 3. The first-order valence-corrected chi connectivity index (χ1v) is 11.4. The first-order chi connectivity index (χ1) is 16.4. The first-order valence-electron chi connectivity index (χ1n) is 10.6. The molecule has 1 N–H and O–H groups in total. The fourth-order valence-electron chi connectivity index (χ4n) is 3.02. The largest absolute Gasteiger partial charge is 0.490 e. The molecule has 0 saturated heterocycles. The van der Waals surface area contributed by atoms with Gasteiger partial charge in [0.25, 0.3) is 5.91 Å². The summed E-state index contributed by atoms with van der Waals surface area (Å²) >= 11 is 3.34. The van der Waals surface area contributed by atoms with E-state index in [4.69, 9.17) is 14.2 Å². The number of esters is 1. The van der Waals surface area contributed by atoms with Crippen LogP contribution in [0.1, 0.15) is 34.0 Å². The lowest BCUT2D eigenvalue weighted by atomic mass is 10.1. The van der Waals surface area contributed by atoms with E-state index in [1.54, 1.807) is 42.5 Å².